The van der Waals surface area contributed by atoms with Gasteiger partial charge in [0.15, 0.2) is 11.5 Å². The number of nitrogens with one attached hydrogen (secondary N) is 1. The normalized spacial score (nSPS) is 14.6. The zero-order valence-electron chi connectivity index (χ0n) is 11.5. The summed E-state index contributed by atoms with van der Waals surface area (Å²) in [6, 6.07) is 6.65. The molecular weight excluding hydrogens is 242 g/mol. The number of rotatable bonds is 8. The Kier molecular flexibility index (Phi) is 5.48. The highest BCUT2D eigenvalue weighted by Crippen LogP contribution is 2.32. The van der Waals surface area contributed by atoms with Crippen LogP contribution >= 0.6 is 0 Å². The van der Waals surface area contributed by atoms with E-state index >= 15 is 0 Å². The van der Waals surface area contributed by atoms with E-state index in [0.29, 0.717) is 12.8 Å². The third-order valence-electron chi connectivity index (χ3n) is 3.38. The van der Waals surface area contributed by atoms with Crippen molar-refractivity contribution in [3.05, 3.63) is 23.8 Å². The first-order chi connectivity index (χ1) is 9.29. The van der Waals surface area contributed by atoms with Crippen molar-refractivity contribution in [2.45, 2.75) is 38.6 Å². The molecule has 0 amide bonds. The molecular formula is C15H23NO3. The molecule has 1 aliphatic heterocycles. The van der Waals surface area contributed by atoms with Crippen molar-refractivity contribution in [2.24, 2.45) is 0 Å². The molecule has 1 aliphatic rings. The molecule has 0 aliphatic carbocycles. The van der Waals surface area contributed by atoms with Crippen LogP contribution < -0.4 is 14.8 Å². The van der Waals surface area contributed by atoms with E-state index in [-0.39, 0.29) is 6.61 Å². The van der Waals surface area contributed by atoms with Gasteiger partial charge in [-0.3, -0.25) is 0 Å². The monoisotopic (exact) mass is 265 g/mol. The Balaban J connectivity index is 1.70. The SMILES string of the molecule is CC(CCc1ccc2c(c1)OCO2)NCCCCO. The average molecular weight is 265 g/mol. The van der Waals surface area contributed by atoms with Gasteiger partial charge in [0, 0.05) is 12.6 Å². The average Bonchev–Trinajstić information content (AvgIpc) is 2.89. The third-order valence-corrected chi connectivity index (χ3v) is 3.38. The lowest BCUT2D eigenvalue weighted by Gasteiger charge is -2.13. The standard InChI is InChI=1S/C15H23NO3/c1-12(16-8-2-3-9-17)4-5-13-6-7-14-15(10-13)19-11-18-14/h6-7,10,12,16-17H,2-5,8-9,11H2,1H3. The van der Waals surface area contributed by atoms with Crippen LogP contribution in [0.5, 0.6) is 11.5 Å². The van der Waals surface area contributed by atoms with Crippen molar-refractivity contribution in [3.8, 4) is 11.5 Å². The Hall–Kier alpha value is -1.26. The lowest BCUT2D eigenvalue weighted by molar-refractivity contribution is 0.174. The van der Waals surface area contributed by atoms with Crippen LogP contribution in [0.1, 0.15) is 31.7 Å². The molecule has 4 heteroatoms. The van der Waals surface area contributed by atoms with Crippen LogP contribution in [0.15, 0.2) is 18.2 Å². The van der Waals surface area contributed by atoms with Crippen molar-refractivity contribution in [1.82, 2.24) is 5.32 Å². The number of benzene rings is 1. The lowest BCUT2D eigenvalue weighted by atomic mass is 10.1. The predicted molar refractivity (Wildman–Crippen MR) is 74.7 cm³/mol. The quantitative estimate of drug-likeness (QED) is 0.707. The van der Waals surface area contributed by atoms with Gasteiger partial charge in [-0.2, -0.15) is 0 Å². The molecule has 2 rings (SSSR count). The first kappa shape index (κ1) is 14.2. The number of aliphatic hydroxyl groups excluding tert-OH is 1. The number of fused-ring (bicyclic) bond motifs is 1. The van der Waals surface area contributed by atoms with E-state index in [1.165, 1.54) is 5.56 Å². The van der Waals surface area contributed by atoms with Gasteiger partial charge >= 0.3 is 0 Å². The minimum Gasteiger partial charge on any atom is -0.454 e. The van der Waals surface area contributed by atoms with Gasteiger partial charge in [-0.1, -0.05) is 6.07 Å². The molecule has 1 atom stereocenters. The molecule has 0 radical (unpaired) electrons. The smallest absolute Gasteiger partial charge is 0.231 e. The van der Waals surface area contributed by atoms with E-state index in [4.69, 9.17) is 14.6 Å². The maximum atomic E-state index is 8.71. The second-order valence-electron chi connectivity index (χ2n) is 5.01. The van der Waals surface area contributed by atoms with Crippen molar-refractivity contribution >= 4 is 0 Å². The summed E-state index contributed by atoms with van der Waals surface area (Å²) >= 11 is 0. The summed E-state index contributed by atoms with van der Waals surface area (Å²) in [6.45, 7) is 3.80. The fraction of sp³-hybridized carbons (Fsp3) is 0.600. The third kappa shape index (κ3) is 4.40. The summed E-state index contributed by atoms with van der Waals surface area (Å²) in [7, 11) is 0. The predicted octanol–water partition coefficient (Wildman–Crippen LogP) is 2.10. The molecule has 2 N–H and O–H groups in total. The fourth-order valence-electron chi connectivity index (χ4n) is 2.17. The number of aliphatic hydroxyl groups is 1. The Bertz CT molecular complexity index is 395. The van der Waals surface area contributed by atoms with E-state index in [1.807, 2.05) is 6.07 Å². The summed E-state index contributed by atoms with van der Waals surface area (Å²) < 4.78 is 10.7. The number of unbranched alkanes of at least 4 members (excludes halogenated alkanes) is 1. The highest BCUT2D eigenvalue weighted by atomic mass is 16.7. The molecule has 19 heavy (non-hydrogen) atoms. The molecule has 0 saturated heterocycles. The maximum absolute atomic E-state index is 8.71. The first-order valence-electron chi connectivity index (χ1n) is 7.02. The summed E-state index contributed by atoms with van der Waals surface area (Å²) in [5.41, 5.74) is 1.29. The second-order valence-corrected chi connectivity index (χ2v) is 5.01. The molecule has 0 aromatic heterocycles. The zero-order chi connectivity index (χ0) is 13.5. The summed E-state index contributed by atoms with van der Waals surface area (Å²) in [4.78, 5) is 0. The summed E-state index contributed by atoms with van der Waals surface area (Å²) in [5, 5.41) is 12.2. The van der Waals surface area contributed by atoms with Crippen LogP contribution in [0.3, 0.4) is 0 Å². The fourth-order valence-corrected chi connectivity index (χ4v) is 2.17. The Morgan fingerprint density at radius 1 is 1.26 bits per heavy atom. The van der Waals surface area contributed by atoms with Crippen LogP contribution in [0.2, 0.25) is 0 Å². The van der Waals surface area contributed by atoms with Gasteiger partial charge in [-0.05, 0) is 56.8 Å². The molecule has 4 nitrogen and oxygen atoms in total. The van der Waals surface area contributed by atoms with Crippen molar-refractivity contribution in [3.63, 3.8) is 0 Å². The van der Waals surface area contributed by atoms with E-state index in [1.54, 1.807) is 0 Å². The second kappa shape index (κ2) is 7.36. The summed E-state index contributed by atoms with van der Waals surface area (Å²) in [6.07, 6.45) is 4.04. The molecule has 0 bridgehead atoms. The Morgan fingerprint density at radius 2 is 2.11 bits per heavy atom. The van der Waals surface area contributed by atoms with Crippen LogP contribution in [0.4, 0.5) is 0 Å². The van der Waals surface area contributed by atoms with Crippen LogP contribution in [0.25, 0.3) is 0 Å². The van der Waals surface area contributed by atoms with Gasteiger partial charge in [0.1, 0.15) is 0 Å². The van der Waals surface area contributed by atoms with E-state index in [0.717, 1.165) is 43.7 Å². The molecule has 1 aromatic carbocycles. The van der Waals surface area contributed by atoms with Crippen molar-refractivity contribution in [2.75, 3.05) is 19.9 Å². The van der Waals surface area contributed by atoms with Gasteiger partial charge in [-0.25, -0.2) is 0 Å². The minimum atomic E-state index is 0.285. The number of ether oxygens (including phenoxy) is 2. The maximum Gasteiger partial charge on any atom is 0.231 e. The highest BCUT2D eigenvalue weighted by Gasteiger charge is 2.13. The molecule has 1 unspecified atom stereocenters. The minimum absolute atomic E-state index is 0.285. The van der Waals surface area contributed by atoms with E-state index in [2.05, 4.69) is 24.4 Å². The number of aryl methyl sites for hydroxylation is 1. The van der Waals surface area contributed by atoms with Gasteiger partial charge in [0.25, 0.3) is 0 Å². The number of hydrogen-bond acceptors (Lipinski definition) is 4. The van der Waals surface area contributed by atoms with Crippen LogP contribution in [-0.4, -0.2) is 31.1 Å². The molecule has 0 fully saturated rings. The van der Waals surface area contributed by atoms with Crippen molar-refractivity contribution in [1.29, 1.82) is 0 Å². The molecule has 0 spiro atoms. The van der Waals surface area contributed by atoms with Crippen LogP contribution in [-0.2, 0) is 6.42 Å². The number of hydrogen-bond donors (Lipinski definition) is 2. The van der Waals surface area contributed by atoms with Crippen molar-refractivity contribution < 1.29 is 14.6 Å². The van der Waals surface area contributed by atoms with Crippen LogP contribution in [0, 0.1) is 0 Å². The molecule has 1 aromatic rings. The topological polar surface area (TPSA) is 50.7 Å². The molecule has 1 heterocycles. The molecule has 0 saturated carbocycles. The zero-order valence-corrected chi connectivity index (χ0v) is 11.5. The summed E-state index contributed by atoms with van der Waals surface area (Å²) in [5.74, 6) is 1.71. The van der Waals surface area contributed by atoms with E-state index in [9.17, 15) is 0 Å². The lowest BCUT2D eigenvalue weighted by Crippen LogP contribution is -2.27. The van der Waals surface area contributed by atoms with Gasteiger partial charge in [0.2, 0.25) is 6.79 Å². The Morgan fingerprint density at radius 3 is 2.95 bits per heavy atom. The van der Waals surface area contributed by atoms with Gasteiger partial charge in [-0.15, -0.1) is 0 Å². The first-order valence-corrected chi connectivity index (χ1v) is 7.02. The van der Waals surface area contributed by atoms with E-state index < -0.39 is 0 Å². The van der Waals surface area contributed by atoms with Gasteiger partial charge in [0.05, 0.1) is 0 Å². The Labute approximate surface area is 114 Å². The molecule has 106 valence electrons. The largest absolute Gasteiger partial charge is 0.454 e. The van der Waals surface area contributed by atoms with Gasteiger partial charge < -0.3 is 19.9 Å². The highest BCUT2D eigenvalue weighted by molar-refractivity contribution is 5.44.